The fourth-order valence-corrected chi connectivity index (χ4v) is 10.1. The lowest BCUT2D eigenvalue weighted by Gasteiger charge is -2.54. The molecule has 186 valence electrons. The Balaban J connectivity index is 1.23. The quantitative estimate of drug-likeness (QED) is 0.374. The molecule has 0 aromatic heterocycles. The minimum atomic E-state index is 0.0619. The molecular weight excluding hydrogens is 412 g/mol. The highest BCUT2D eigenvalue weighted by Gasteiger charge is 2.65. The standard InChI is InChI=1S/C29H46O4/c1-7-17(15(2)3)27-26(33-27)16(4)19-8-9-20-18-12-25(30)32-24-13-22-23(31-22)14-29(24,6)21(18)10-11-28(19,20)5/h15-24,26-27H,7-14H2,1-6H3/t16-,17-,18-,19+,20-,21-,22-,23+,24-,26-,27-,28+,29+/m0/s1. The van der Waals surface area contributed by atoms with Crippen LogP contribution >= 0.6 is 0 Å². The van der Waals surface area contributed by atoms with Gasteiger partial charge in [-0.05, 0) is 78.9 Å². The molecular formula is C29H46O4. The van der Waals surface area contributed by atoms with E-state index in [1.165, 1.54) is 32.1 Å². The van der Waals surface area contributed by atoms with Gasteiger partial charge in [0.1, 0.15) is 6.10 Å². The van der Waals surface area contributed by atoms with E-state index in [2.05, 4.69) is 41.5 Å². The van der Waals surface area contributed by atoms with E-state index in [1.54, 1.807) is 0 Å². The third-order valence-corrected chi connectivity index (χ3v) is 12.0. The van der Waals surface area contributed by atoms with Crippen LogP contribution < -0.4 is 0 Å². The molecule has 0 unspecified atom stereocenters. The number of carbonyl (C=O) groups excluding carboxylic acids is 1. The Morgan fingerprint density at radius 1 is 0.970 bits per heavy atom. The first-order valence-corrected chi connectivity index (χ1v) is 14.2. The highest BCUT2D eigenvalue weighted by atomic mass is 16.6. The van der Waals surface area contributed by atoms with Gasteiger partial charge in [0.25, 0.3) is 0 Å². The number of esters is 1. The molecule has 0 bridgehead atoms. The summed E-state index contributed by atoms with van der Waals surface area (Å²) >= 11 is 0. The van der Waals surface area contributed by atoms with Gasteiger partial charge in [-0.2, -0.15) is 0 Å². The molecule has 0 N–H and O–H groups in total. The second kappa shape index (κ2) is 7.69. The van der Waals surface area contributed by atoms with Gasteiger partial charge in [0.15, 0.2) is 0 Å². The summed E-state index contributed by atoms with van der Waals surface area (Å²) in [5.41, 5.74) is 0.427. The van der Waals surface area contributed by atoms with Gasteiger partial charge >= 0.3 is 5.97 Å². The molecule has 0 aromatic rings. The molecule has 0 amide bonds. The predicted molar refractivity (Wildman–Crippen MR) is 127 cm³/mol. The van der Waals surface area contributed by atoms with E-state index < -0.39 is 0 Å². The SMILES string of the molecule is CC[C@@H](C(C)C)[C@@H]1O[C@H]1[C@@H](C)[C@H]1CC[C@H]2[C@@H]3CC(=O)O[C@H]4C[C@@H]5O[C@@H]5C[C@]4(C)[C@H]3CC[C@]12C. The van der Waals surface area contributed by atoms with Gasteiger partial charge in [0.2, 0.25) is 0 Å². The van der Waals surface area contributed by atoms with Crippen molar-refractivity contribution in [2.75, 3.05) is 0 Å². The molecule has 13 atom stereocenters. The third-order valence-electron chi connectivity index (χ3n) is 12.0. The number of epoxide rings is 2. The Hall–Kier alpha value is -0.610. The Bertz CT molecular complexity index is 794. The van der Waals surface area contributed by atoms with Crippen molar-refractivity contribution in [1.82, 2.24) is 0 Å². The van der Waals surface area contributed by atoms with E-state index in [4.69, 9.17) is 14.2 Å². The summed E-state index contributed by atoms with van der Waals surface area (Å²) in [6.45, 7) is 14.5. The maximum Gasteiger partial charge on any atom is 0.306 e. The van der Waals surface area contributed by atoms with Gasteiger partial charge in [0.05, 0.1) is 24.4 Å². The second-order valence-corrected chi connectivity index (χ2v) is 13.7. The summed E-state index contributed by atoms with van der Waals surface area (Å²) in [6, 6.07) is 0. The summed E-state index contributed by atoms with van der Waals surface area (Å²) in [4.78, 5) is 13.0. The molecule has 3 heterocycles. The first kappa shape index (κ1) is 22.8. The third kappa shape index (κ3) is 3.39. The van der Waals surface area contributed by atoms with Crippen LogP contribution in [-0.4, -0.2) is 36.5 Å². The lowest BCUT2D eigenvalue weighted by Crippen LogP contribution is -2.52. The molecule has 3 saturated carbocycles. The molecule has 33 heavy (non-hydrogen) atoms. The van der Waals surface area contributed by atoms with Crippen LogP contribution in [0.2, 0.25) is 0 Å². The van der Waals surface area contributed by atoms with E-state index in [0.717, 1.165) is 12.8 Å². The number of rotatable bonds is 5. The largest absolute Gasteiger partial charge is 0.462 e. The first-order chi connectivity index (χ1) is 15.7. The van der Waals surface area contributed by atoms with E-state index >= 15 is 0 Å². The maximum absolute atomic E-state index is 13.0. The van der Waals surface area contributed by atoms with E-state index in [9.17, 15) is 4.79 Å². The summed E-state index contributed by atoms with van der Waals surface area (Å²) in [7, 11) is 0. The van der Waals surface area contributed by atoms with Crippen LogP contribution in [0.15, 0.2) is 0 Å². The molecule has 6 fully saturated rings. The van der Waals surface area contributed by atoms with Crippen LogP contribution in [0.3, 0.4) is 0 Å². The van der Waals surface area contributed by atoms with E-state index in [0.29, 0.717) is 77.7 Å². The zero-order valence-electron chi connectivity index (χ0n) is 21.7. The summed E-state index contributed by atoms with van der Waals surface area (Å²) < 4.78 is 18.5. The average Bonchev–Trinajstić information content (AvgIpc) is 3.65. The molecule has 3 aliphatic heterocycles. The maximum atomic E-state index is 13.0. The number of hydrogen-bond acceptors (Lipinski definition) is 4. The van der Waals surface area contributed by atoms with Crippen LogP contribution in [0.25, 0.3) is 0 Å². The van der Waals surface area contributed by atoms with Crippen LogP contribution in [0.1, 0.15) is 92.9 Å². The van der Waals surface area contributed by atoms with Crippen LogP contribution in [0, 0.1) is 52.3 Å². The number of fused-ring (bicyclic) bond motifs is 6. The Kier molecular flexibility index (Phi) is 5.32. The molecule has 3 saturated heterocycles. The zero-order chi connectivity index (χ0) is 23.3. The van der Waals surface area contributed by atoms with Gasteiger partial charge in [0, 0.05) is 18.3 Å². The van der Waals surface area contributed by atoms with Gasteiger partial charge in [-0.3, -0.25) is 4.79 Å². The minimum Gasteiger partial charge on any atom is -0.462 e. The highest BCUT2D eigenvalue weighted by Crippen LogP contribution is 2.67. The molecule has 6 rings (SSSR count). The van der Waals surface area contributed by atoms with Crippen LogP contribution in [0.4, 0.5) is 0 Å². The molecule has 3 aliphatic carbocycles. The summed E-state index contributed by atoms with van der Waals surface area (Å²) in [5.74, 6) is 4.50. The lowest BCUT2D eigenvalue weighted by molar-refractivity contribution is -0.156. The van der Waals surface area contributed by atoms with Crippen molar-refractivity contribution in [3.8, 4) is 0 Å². The predicted octanol–water partition coefficient (Wildman–Crippen LogP) is 6.01. The van der Waals surface area contributed by atoms with Crippen LogP contribution in [-0.2, 0) is 19.0 Å². The van der Waals surface area contributed by atoms with Crippen molar-refractivity contribution in [2.24, 2.45) is 52.3 Å². The molecule has 4 heteroatoms. The number of hydrogen-bond donors (Lipinski definition) is 0. The van der Waals surface area contributed by atoms with Crippen molar-refractivity contribution in [3.05, 3.63) is 0 Å². The zero-order valence-corrected chi connectivity index (χ0v) is 21.7. The highest BCUT2D eigenvalue weighted by molar-refractivity contribution is 5.70. The van der Waals surface area contributed by atoms with Gasteiger partial charge in [-0.15, -0.1) is 0 Å². The fourth-order valence-electron chi connectivity index (χ4n) is 10.1. The molecule has 4 nitrogen and oxygen atoms in total. The van der Waals surface area contributed by atoms with Gasteiger partial charge in [-0.25, -0.2) is 0 Å². The normalized spacial score (nSPS) is 54.3. The Morgan fingerprint density at radius 2 is 1.73 bits per heavy atom. The smallest absolute Gasteiger partial charge is 0.306 e. The summed E-state index contributed by atoms with van der Waals surface area (Å²) in [5, 5.41) is 0. The molecule has 0 aromatic carbocycles. The van der Waals surface area contributed by atoms with Crippen molar-refractivity contribution in [1.29, 1.82) is 0 Å². The second-order valence-electron chi connectivity index (χ2n) is 13.7. The Morgan fingerprint density at radius 3 is 2.45 bits per heavy atom. The van der Waals surface area contributed by atoms with Crippen molar-refractivity contribution in [2.45, 2.75) is 123 Å². The van der Waals surface area contributed by atoms with E-state index in [1.807, 2.05) is 0 Å². The van der Waals surface area contributed by atoms with Gasteiger partial charge in [-0.1, -0.05) is 48.0 Å². The number of ether oxygens (including phenoxy) is 3. The first-order valence-electron chi connectivity index (χ1n) is 14.2. The minimum absolute atomic E-state index is 0.0619. The monoisotopic (exact) mass is 458 g/mol. The topological polar surface area (TPSA) is 51.4 Å². The van der Waals surface area contributed by atoms with Crippen molar-refractivity contribution in [3.63, 3.8) is 0 Å². The van der Waals surface area contributed by atoms with Gasteiger partial charge < -0.3 is 14.2 Å². The average molecular weight is 459 g/mol. The molecule has 6 aliphatic rings. The Labute approximate surface area is 200 Å². The summed E-state index contributed by atoms with van der Waals surface area (Å²) in [6.07, 6.45) is 10.7. The van der Waals surface area contributed by atoms with E-state index in [-0.39, 0.29) is 17.5 Å². The van der Waals surface area contributed by atoms with Crippen LogP contribution in [0.5, 0.6) is 0 Å². The molecule has 0 spiro atoms. The number of carbonyl (C=O) groups is 1. The fraction of sp³-hybridized carbons (Fsp3) is 0.966. The van der Waals surface area contributed by atoms with Crippen molar-refractivity contribution < 1.29 is 19.0 Å². The molecule has 0 radical (unpaired) electrons. The lowest BCUT2D eigenvalue weighted by atomic mass is 9.49. The van der Waals surface area contributed by atoms with Crippen molar-refractivity contribution >= 4 is 5.97 Å².